The summed E-state index contributed by atoms with van der Waals surface area (Å²) in [6, 6.07) is 0. The first-order valence-corrected chi connectivity index (χ1v) is 2.18. The standard InChI is InChI=1S/C4H7NO3/c1-2-8-5-4(7)3-6/h3H,2H2,1H3,(H,5,7). The quantitative estimate of drug-likeness (QED) is 0.300. The Bertz CT molecular complexity index is 91.3. The van der Waals surface area contributed by atoms with Crippen molar-refractivity contribution in [2.24, 2.45) is 0 Å². The Labute approximate surface area is 46.8 Å². The monoisotopic (exact) mass is 117 g/mol. The fourth-order valence-electron chi connectivity index (χ4n) is 0.167. The number of hydrogen-bond acceptors (Lipinski definition) is 3. The highest BCUT2D eigenvalue weighted by Gasteiger charge is 1.91. The normalized spacial score (nSPS) is 8.12. The molecule has 0 aliphatic rings. The summed E-state index contributed by atoms with van der Waals surface area (Å²) in [7, 11) is 0. The molecule has 1 N–H and O–H groups in total. The van der Waals surface area contributed by atoms with E-state index < -0.39 is 5.91 Å². The van der Waals surface area contributed by atoms with Crippen LogP contribution in [0.4, 0.5) is 0 Å². The van der Waals surface area contributed by atoms with Crippen molar-refractivity contribution in [3.05, 3.63) is 0 Å². The van der Waals surface area contributed by atoms with Gasteiger partial charge in [0.1, 0.15) is 0 Å². The lowest BCUT2D eigenvalue weighted by atomic mass is 10.7. The smallest absolute Gasteiger partial charge is 0.292 e. The minimum absolute atomic E-state index is 0.148. The van der Waals surface area contributed by atoms with Gasteiger partial charge in [0.25, 0.3) is 0 Å². The zero-order chi connectivity index (χ0) is 6.41. The molecule has 0 saturated heterocycles. The number of nitrogens with one attached hydrogen (secondary N) is 1. The van der Waals surface area contributed by atoms with E-state index in [1.165, 1.54) is 0 Å². The predicted molar refractivity (Wildman–Crippen MR) is 25.8 cm³/mol. The Kier molecular flexibility index (Phi) is 3.78. The van der Waals surface area contributed by atoms with Crippen molar-refractivity contribution >= 4 is 12.2 Å². The average Bonchev–Trinajstić information content (AvgIpc) is 1.83. The molecule has 0 spiro atoms. The van der Waals surface area contributed by atoms with Crippen molar-refractivity contribution in [2.75, 3.05) is 6.61 Å². The van der Waals surface area contributed by atoms with E-state index in [4.69, 9.17) is 0 Å². The highest BCUT2D eigenvalue weighted by Crippen LogP contribution is 1.61. The molecule has 0 rings (SSSR count). The van der Waals surface area contributed by atoms with Gasteiger partial charge in [-0.05, 0) is 6.92 Å². The van der Waals surface area contributed by atoms with Gasteiger partial charge in [-0.1, -0.05) is 0 Å². The molecule has 0 aliphatic heterocycles. The van der Waals surface area contributed by atoms with E-state index in [1.807, 2.05) is 5.48 Å². The third-order valence-electron chi connectivity index (χ3n) is 0.424. The van der Waals surface area contributed by atoms with Gasteiger partial charge in [0.2, 0.25) is 6.29 Å². The lowest BCUT2D eigenvalue weighted by Gasteiger charge is -1.94. The summed E-state index contributed by atoms with van der Waals surface area (Å²) in [4.78, 5) is 23.8. The Morgan fingerprint density at radius 1 is 1.88 bits per heavy atom. The maximum atomic E-state index is 9.97. The number of carbonyl (C=O) groups is 2. The molecule has 0 unspecified atom stereocenters. The molecular formula is C4H7NO3. The molecule has 46 valence electrons. The predicted octanol–water partition coefficient (Wildman–Crippen LogP) is -0.747. The second-order valence-corrected chi connectivity index (χ2v) is 1.02. The largest absolute Gasteiger partial charge is 0.307 e. The van der Waals surface area contributed by atoms with Crippen molar-refractivity contribution in [1.29, 1.82) is 0 Å². The first-order valence-electron chi connectivity index (χ1n) is 2.18. The van der Waals surface area contributed by atoms with Crippen LogP contribution in [0.15, 0.2) is 0 Å². The third kappa shape index (κ3) is 3.30. The zero-order valence-corrected chi connectivity index (χ0v) is 4.51. The van der Waals surface area contributed by atoms with E-state index in [0.29, 0.717) is 6.61 Å². The fourth-order valence-corrected chi connectivity index (χ4v) is 0.167. The van der Waals surface area contributed by atoms with Gasteiger partial charge >= 0.3 is 5.91 Å². The number of amides is 1. The van der Waals surface area contributed by atoms with E-state index in [2.05, 4.69) is 4.84 Å². The molecule has 4 heteroatoms. The molecule has 8 heavy (non-hydrogen) atoms. The maximum absolute atomic E-state index is 9.97. The van der Waals surface area contributed by atoms with Crippen LogP contribution in [0, 0.1) is 0 Å². The molecule has 0 bridgehead atoms. The molecule has 0 aliphatic carbocycles. The summed E-state index contributed by atoms with van der Waals surface area (Å²) in [5.74, 6) is -0.758. The average molecular weight is 117 g/mol. The number of rotatable bonds is 3. The van der Waals surface area contributed by atoms with E-state index in [1.54, 1.807) is 6.92 Å². The molecule has 0 aromatic rings. The molecule has 1 amide bonds. The van der Waals surface area contributed by atoms with Crippen LogP contribution in [0.1, 0.15) is 6.92 Å². The fraction of sp³-hybridized carbons (Fsp3) is 0.500. The topological polar surface area (TPSA) is 55.4 Å². The summed E-state index contributed by atoms with van der Waals surface area (Å²) in [6.45, 7) is 2.06. The number of aldehydes is 1. The molecule has 4 nitrogen and oxygen atoms in total. The molecule has 0 heterocycles. The summed E-state index contributed by atoms with van der Waals surface area (Å²) in [5, 5.41) is 0. The Balaban J connectivity index is 3.11. The van der Waals surface area contributed by atoms with Gasteiger partial charge < -0.3 is 0 Å². The lowest BCUT2D eigenvalue weighted by molar-refractivity contribution is -0.140. The first kappa shape index (κ1) is 7.10. The molecule has 0 radical (unpaired) electrons. The summed E-state index contributed by atoms with van der Waals surface area (Å²) >= 11 is 0. The Morgan fingerprint density at radius 3 is 2.88 bits per heavy atom. The van der Waals surface area contributed by atoms with Crippen LogP contribution in [-0.4, -0.2) is 18.8 Å². The van der Waals surface area contributed by atoms with E-state index in [0.717, 1.165) is 0 Å². The van der Waals surface area contributed by atoms with Gasteiger partial charge in [0.15, 0.2) is 0 Å². The minimum atomic E-state index is -0.758. The zero-order valence-electron chi connectivity index (χ0n) is 4.51. The lowest BCUT2D eigenvalue weighted by Crippen LogP contribution is -2.24. The van der Waals surface area contributed by atoms with E-state index in [-0.39, 0.29) is 6.29 Å². The molecule has 0 aromatic carbocycles. The summed E-state index contributed by atoms with van der Waals surface area (Å²) in [6.07, 6.45) is 0.148. The maximum Gasteiger partial charge on any atom is 0.307 e. The molecule has 0 atom stereocenters. The van der Waals surface area contributed by atoms with Gasteiger partial charge in [-0.15, -0.1) is 0 Å². The first-order chi connectivity index (χ1) is 3.81. The molecule has 0 aromatic heterocycles. The van der Waals surface area contributed by atoms with Gasteiger partial charge in [-0.25, -0.2) is 5.48 Å². The summed E-state index contributed by atoms with van der Waals surface area (Å²) in [5.41, 5.74) is 1.88. The highest BCUT2D eigenvalue weighted by atomic mass is 16.6. The van der Waals surface area contributed by atoms with Crippen LogP contribution < -0.4 is 5.48 Å². The molecular weight excluding hydrogens is 110 g/mol. The van der Waals surface area contributed by atoms with Crippen LogP contribution >= 0.6 is 0 Å². The Hall–Kier alpha value is -0.900. The second kappa shape index (κ2) is 4.26. The number of hydroxylamine groups is 1. The van der Waals surface area contributed by atoms with Gasteiger partial charge in [0.05, 0.1) is 6.61 Å². The SMILES string of the molecule is CCONC(=O)C=O. The van der Waals surface area contributed by atoms with Gasteiger partial charge in [-0.3, -0.25) is 14.4 Å². The van der Waals surface area contributed by atoms with Crippen molar-refractivity contribution in [3.8, 4) is 0 Å². The van der Waals surface area contributed by atoms with Crippen molar-refractivity contribution in [3.63, 3.8) is 0 Å². The highest BCUT2D eigenvalue weighted by molar-refractivity contribution is 6.23. The van der Waals surface area contributed by atoms with Crippen molar-refractivity contribution in [1.82, 2.24) is 5.48 Å². The van der Waals surface area contributed by atoms with Gasteiger partial charge in [-0.2, -0.15) is 0 Å². The van der Waals surface area contributed by atoms with E-state index in [9.17, 15) is 9.59 Å². The van der Waals surface area contributed by atoms with Crippen LogP contribution in [0.25, 0.3) is 0 Å². The third-order valence-corrected chi connectivity index (χ3v) is 0.424. The van der Waals surface area contributed by atoms with Crippen molar-refractivity contribution < 1.29 is 14.4 Å². The van der Waals surface area contributed by atoms with Crippen LogP contribution in [0.2, 0.25) is 0 Å². The van der Waals surface area contributed by atoms with Gasteiger partial charge in [0, 0.05) is 0 Å². The second-order valence-electron chi connectivity index (χ2n) is 1.02. The van der Waals surface area contributed by atoms with Crippen LogP contribution in [0.5, 0.6) is 0 Å². The molecule has 0 fully saturated rings. The minimum Gasteiger partial charge on any atom is -0.292 e. The summed E-state index contributed by atoms with van der Waals surface area (Å²) < 4.78 is 0. The van der Waals surface area contributed by atoms with Crippen LogP contribution in [-0.2, 0) is 14.4 Å². The number of hydrogen-bond donors (Lipinski definition) is 1. The van der Waals surface area contributed by atoms with E-state index >= 15 is 0 Å². The van der Waals surface area contributed by atoms with Crippen LogP contribution in [0.3, 0.4) is 0 Å². The number of carbonyl (C=O) groups excluding carboxylic acids is 2. The molecule has 0 saturated carbocycles. The van der Waals surface area contributed by atoms with Crippen molar-refractivity contribution in [2.45, 2.75) is 6.92 Å². The Morgan fingerprint density at radius 2 is 2.50 bits per heavy atom.